The fourth-order valence-corrected chi connectivity index (χ4v) is 1.95. The van der Waals surface area contributed by atoms with Gasteiger partial charge >= 0.3 is 0 Å². The minimum Gasteiger partial charge on any atom is -0.381 e. The molecule has 1 aliphatic rings. The van der Waals surface area contributed by atoms with E-state index in [1.807, 2.05) is 6.92 Å². The highest BCUT2D eigenvalue weighted by molar-refractivity contribution is 5.79. The first-order valence-electron chi connectivity index (χ1n) is 7.99. The molecule has 5 nitrogen and oxygen atoms in total. The van der Waals surface area contributed by atoms with Crippen molar-refractivity contribution in [1.82, 2.24) is 15.6 Å². The maximum absolute atomic E-state index is 13.5. The molecule has 1 aliphatic carbocycles. The van der Waals surface area contributed by atoms with E-state index in [-0.39, 0.29) is 12.4 Å². The van der Waals surface area contributed by atoms with Crippen molar-refractivity contribution in [3.63, 3.8) is 0 Å². The quantitative estimate of drug-likeness (QED) is 0.417. The van der Waals surface area contributed by atoms with Gasteiger partial charge in [-0.25, -0.2) is 9.38 Å². The summed E-state index contributed by atoms with van der Waals surface area (Å²) in [6.45, 7) is 5.41. The minimum absolute atomic E-state index is 0.222. The smallest absolute Gasteiger partial charge is 0.191 e. The lowest BCUT2D eigenvalue weighted by molar-refractivity contribution is 0.123. The standard InChI is InChI=1S/C16H25FN4O/c1-2-18-16(20-9-4-10-22-12-13-6-7-13)21-11-15-14(17)5-3-8-19-15/h3,5,8,13H,2,4,6-7,9-12H2,1H3,(H2,18,20,21). The van der Waals surface area contributed by atoms with Crippen LogP contribution in [0.3, 0.4) is 0 Å². The van der Waals surface area contributed by atoms with Crippen molar-refractivity contribution in [2.75, 3.05) is 26.3 Å². The number of nitrogens with one attached hydrogen (secondary N) is 2. The lowest BCUT2D eigenvalue weighted by Gasteiger charge is -2.11. The second kappa shape index (κ2) is 9.35. The van der Waals surface area contributed by atoms with Crippen LogP contribution in [0.1, 0.15) is 31.9 Å². The van der Waals surface area contributed by atoms with Crippen molar-refractivity contribution >= 4 is 5.96 Å². The maximum Gasteiger partial charge on any atom is 0.191 e. The third kappa shape index (κ3) is 6.39. The minimum atomic E-state index is -0.324. The van der Waals surface area contributed by atoms with E-state index in [0.29, 0.717) is 11.7 Å². The van der Waals surface area contributed by atoms with Gasteiger partial charge in [-0.05, 0) is 44.2 Å². The Bertz CT molecular complexity index is 477. The molecule has 2 rings (SSSR count). The van der Waals surface area contributed by atoms with Gasteiger partial charge in [0.15, 0.2) is 5.96 Å². The summed E-state index contributed by atoms with van der Waals surface area (Å²) in [6.07, 6.45) is 5.14. The van der Waals surface area contributed by atoms with E-state index in [9.17, 15) is 4.39 Å². The molecule has 22 heavy (non-hydrogen) atoms. The SMILES string of the molecule is CCNC(=NCc1ncccc1F)NCCCOCC1CC1. The molecule has 0 aliphatic heterocycles. The predicted molar refractivity (Wildman–Crippen MR) is 85.2 cm³/mol. The van der Waals surface area contributed by atoms with E-state index in [1.54, 1.807) is 12.3 Å². The number of halogens is 1. The van der Waals surface area contributed by atoms with E-state index < -0.39 is 0 Å². The molecule has 0 amide bonds. The summed E-state index contributed by atoms with van der Waals surface area (Å²) in [5, 5.41) is 6.36. The zero-order valence-electron chi connectivity index (χ0n) is 13.1. The lowest BCUT2D eigenvalue weighted by Crippen LogP contribution is -2.38. The van der Waals surface area contributed by atoms with Crippen molar-refractivity contribution in [1.29, 1.82) is 0 Å². The number of ether oxygens (including phenoxy) is 1. The van der Waals surface area contributed by atoms with Gasteiger partial charge in [0.25, 0.3) is 0 Å². The highest BCUT2D eigenvalue weighted by Gasteiger charge is 2.20. The van der Waals surface area contributed by atoms with Gasteiger partial charge in [-0.2, -0.15) is 0 Å². The van der Waals surface area contributed by atoms with Gasteiger partial charge in [0.1, 0.15) is 5.82 Å². The molecule has 1 heterocycles. The molecule has 0 atom stereocenters. The Balaban J connectivity index is 1.68. The highest BCUT2D eigenvalue weighted by Crippen LogP contribution is 2.28. The number of hydrogen-bond donors (Lipinski definition) is 2. The van der Waals surface area contributed by atoms with Crippen LogP contribution in [-0.2, 0) is 11.3 Å². The monoisotopic (exact) mass is 308 g/mol. The molecule has 0 saturated heterocycles. The van der Waals surface area contributed by atoms with Gasteiger partial charge < -0.3 is 15.4 Å². The van der Waals surface area contributed by atoms with Crippen LogP contribution >= 0.6 is 0 Å². The number of rotatable bonds is 9. The number of guanidine groups is 1. The van der Waals surface area contributed by atoms with Gasteiger partial charge in [0.2, 0.25) is 0 Å². The van der Waals surface area contributed by atoms with Crippen LogP contribution in [-0.4, -0.2) is 37.2 Å². The van der Waals surface area contributed by atoms with Gasteiger partial charge in [-0.15, -0.1) is 0 Å². The van der Waals surface area contributed by atoms with Crippen LogP contribution in [0.5, 0.6) is 0 Å². The van der Waals surface area contributed by atoms with E-state index in [4.69, 9.17) is 4.74 Å². The highest BCUT2D eigenvalue weighted by atomic mass is 19.1. The first-order valence-corrected chi connectivity index (χ1v) is 7.99. The molecule has 1 saturated carbocycles. The number of nitrogens with zero attached hydrogens (tertiary/aromatic N) is 2. The molecular formula is C16H25FN4O. The van der Waals surface area contributed by atoms with Gasteiger partial charge in [0.05, 0.1) is 12.2 Å². The number of hydrogen-bond acceptors (Lipinski definition) is 3. The number of aromatic nitrogens is 1. The summed E-state index contributed by atoms with van der Waals surface area (Å²) in [4.78, 5) is 8.35. The summed E-state index contributed by atoms with van der Waals surface area (Å²) in [6, 6.07) is 2.98. The van der Waals surface area contributed by atoms with E-state index >= 15 is 0 Å². The molecule has 0 radical (unpaired) electrons. The van der Waals surface area contributed by atoms with Crippen LogP contribution in [0, 0.1) is 11.7 Å². The number of aliphatic imine (C=N–C) groups is 1. The normalized spacial score (nSPS) is 14.9. The summed E-state index contributed by atoms with van der Waals surface area (Å²) >= 11 is 0. The van der Waals surface area contributed by atoms with Crippen molar-refractivity contribution < 1.29 is 9.13 Å². The van der Waals surface area contributed by atoms with Crippen LogP contribution in [0.15, 0.2) is 23.3 Å². The first-order chi connectivity index (χ1) is 10.8. The van der Waals surface area contributed by atoms with Crippen LogP contribution in [0.4, 0.5) is 4.39 Å². The Morgan fingerprint density at radius 3 is 3.05 bits per heavy atom. The number of pyridine rings is 1. The van der Waals surface area contributed by atoms with E-state index in [1.165, 1.54) is 18.9 Å². The Kier molecular flexibility index (Phi) is 7.09. The molecule has 122 valence electrons. The largest absolute Gasteiger partial charge is 0.381 e. The summed E-state index contributed by atoms with van der Waals surface area (Å²) in [5.41, 5.74) is 0.354. The van der Waals surface area contributed by atoms with Gasteiger partial charge in [-0.3, -0.25) is 4.98 Å². The van der Waals surface area contributed by atoms with Crippen molar-refractivity contribution in [2.45, 2.75) is 32.7 Å². The van der Waals surface area contributed by atoms with Crippen LogP contribution in [0.25, 0.3) is 0 Å². The van der Waals surface area contributed by atoms with Gasteiger partial charge in [0, 0.05) is 32.5 Å². The van der Waals surface area contributed by atoms with Crippen molar-refractivity contribution in [2.24, 2.45) is 10.9 Å². The summed E-state index contributed by atoms with van der Waals surface area (Å²) < 4.78 is 19.1. The fourth-order valence-electron chi connectivity index (χ4n) is 1.95. The molecular weight excluding hydrogens is 283 g/mol. The average Bonchev–Trinajstić information content (AvgIpc) is 3.33. The Morgan fingerprint density at radius 1 is 1.45 bits per heavy atom. The van der Waals surface area contributed by atoms with Crippen LogP contribution in [0.2, 0.25) is 0 Å². The average molecular weight is 308 g/mol. The fraction of sp³-hybridized carbons (Fsp3) is 0.625. The molecule has 2 N–H and O–H groups in total. The maximum atomic E-state index is 13.5. The Labute approximate surface area is 131 Å². The Hall–Kier alpha value is -1.69. The molecule has 1 aromatic heterocycles. The molecule has 0 aromatic carbocycles. The third-order valence-electron chi connectivity index (χ3n) is 3.37. The Morgan fingerprint density at radius 2 is 2.32 bits per heavy atom. The summed E-state index contributed by atoms with van der Waals surface area (Å²) in [7, 11) is 0. The zero-order chi connectivity index (χ0) is 15.6. The second-order valence-electron chi connectivity index (χ2n) is 5.43. The lowest BCUT2D eigenvalue weighted by atomic mass is 10.3. The topological polar surface area (TPSA) is 58.5 Å². The first kappa shape index (κ1) is 16.7. The summed E-state index contributed by atoms with van der Waals surface area (Å²) in [5.74, 6) is 1.16. The second-order valence-corrected chi connectivity index (χ2v) is 5.43. The van der Waals surface area contributed by atoms with Crippen LogP contribution < -0.4 is 10.6 Å². The van der Waals surface area contributed by atoms with Gasteiger partial charge in [-0.1, -0.05) is 0 Å². The predicted octanol–water partition coefficient (Wildman–Crippen LogP) is 2.09. The van der Waals surface area contributed by atoms with E-state index in [2.05, 4.69) is 20.6 Å². The molecule has 1 aromatic rings. The molecule has 6 heteroatoms. The van der Waals surface area contributed by atoms with Crippen molar-refractivity contribution in [3.05, 3.63) is 29.8 Å². The molecule has 0 bridgehead atoms. The molecule has 0 unspecified atom stereocenters. The van der Waals surface area contributed by atoms with E-state index in [0.717, 1.165) is 38.6 Å². The van der Waals surface area contributed by atoms with Crippen molar-refractivity contribution in [3.8, 4) is 0 Å². The molecule has 1 fully saturated rings. The zero-order valence-corrected chi connectivity index (χ0v) is 13.1. The molecule has 0 spiro atoms. The third-order valence-corrected chi connectivity index (χ3v) is 3.37.